The summed E-state index contributed by atoms with van der Waals surface area (Å²) >= 11 is 0. The molecule has 0 atom stereocenters. The van der Waals surface area contributed by atoms with Gasteiger partial charge in [-0.15, -0.1) is 0 Å². The summed E-state index contributed by atoms with van der Waals surface area (Å²) in [7, 11) is 0. The number of anilines is 1. The van der Waals surface area contributed by atoms with E-state index in [-0.39, 0.29) is 17.4 Å². The van der Waals surface area contributed by atoms with Crippen molar-refractivity contribution in [2.45, 2.75) is 6.54 Å². The lowest BCUT2D eigenvalue weighted by Crippen LogP contribution is -2.24. The van der Waals surface area contributed by atoms with Crippen LogP contribution in [0.1, 0.15) is 15.9 Å². The molecule has 2 heterocycles. The summed E-state index contributed by atoms with van der Waals surface area (Å²) in [5.41, 5.74) is 1.24. The fourth-order valence-electron chi connectivity index (χ4n) is 2.86. The number of aromatic nitrogens is 4. The van der Waals surface area contributed by atoms with Crippen LogP contribution in [0.5, 0.6) is 0 Å². The van der Waals surface area contributed by atoms with Crippen LogP contribution >= 0.6 is 0 Å². The van der Waals surface area contributed by atoms with Gasteiger partial charge in [0.05, 0.1) is 12.1 Å². The predicted octanol–water partition coefficient (Wildman–Crippen LogP) is 2.42. The largest absolute Gasteiger partial charge is 0.310 e. The number of aromatic amines is 1. The fourth-order valence-corrected chi connectivity index (χ4v) is 2.86. The number of hydrogen-bond acceptors (Lipinski definition) is 4. The number of fused-ring (bicyclic) bond motifs is 1. The number of carbonyl (C=O) groups is 1. The van der Waals surface area contributed by atoms with E-state index in [1.54, 1.807) is 35.0 Å². The smallest absolute Gasteiger partial charge is 0.260 e. The van der Waals surface area contributed by atoms with Gasteiger partial charge in [-0.05, 0) is 11.6 Å². The highest BCUT2D eigenvalue weighted by atomic mass is 16.2. The third-order valence-corrected chi connectivity index (χ3v) is 4.08. The van der Waals surface area contributed by atoms with Gasteiger partial charge < -0.3 is 4.57 Å². The Balaban J connectivity index is 1.82. The van der Waals surface area contributed by atoms with Crippen molar-refractivity contribution < 1.29 is 4.79 Å². The quantitative estimate of drug-likeness (QED) is 0.594. The summed E-state index contributed by atoms with van der Waals surface area (Å²) in [6, 6.07) is 16.7. The molecule has 128 valence electrons. The zero-order valence-electron chi connectivity index (χ0n) is 13.7. The first-order valence-electron chi connectivity index (χ1n) is 8.05. The normalized spacial score (nSPS) is 10.8. The van der Waals surface area contributed by atoms with E-state index in [4.69, 9.17) is 0 Å². The minimum atomic E-state index is -0.361. The second-order valence-corrected chi connectivity index (χ2v) is 5.80. The number of amides is 1. The molecule has 0 aliphatic rings. The fraction of sp³-hybridized carbons (Fsp3) is 0.0526. The van der Waals surface area contributed by atoms with Gasteiger partial charge in [0.15, 0.2) is 0 Å². The van der Waals surface area contributed by atoms with Crippen LogP contribution in [0.3, 0.4) is 0 Å². The van der Waals surface area contributed by atoms with Gasteiger partial charge >= 0.3 is 0 Å². The molecule has 7 heteroatoms. The van der Waals surface area contributed by atoms with Crippen LogP contribution in [0.4, 0.5) is 5.95 Å². The van der Waals surface area contributed by atoms with Gasteiger partial charge in [-0.25, -0.2) is 5.10 Å². The third-order valence-electron chi connectivity index (χ3n) is 4.08. The van der Waals surface area contributed by atoms with Gasteiger partial charge in [-0.1, -0.05) is 48.5 Å². The lowest BCUT2D eigenvalue weighted by Gasteiger charge is -2.12. The maximum Gasteiger partial charge on any atom is 0.260 e. The minimum absolute atomic E-state index is 0.138. The molecule has 4 rings (SSSR count). The molecule has 0 saturated heterocycles. The zero-order valence-corrected chi connectivity index (χ0v) is 13.7. The summed E-state index contributed by atoms with van der Waals surface area (Å²) in [6.45, 7) is 0.382. The number of rotatable bonds is 4. The van der Waals surface area contributed by atoms with E-state index >= 15 is 0 Å². The second kappa shape index (κ2) is 6.64. The van der Waals surface area contributed by atoms with E-state index in [0.29, 0.717) is 22.9 Å². The van der Waals surface area contributed by atoms with Crippen molar-refractivity contribution >= 4 is 22.6 Å². The maximum absolute atomic E-state index is 12.8. The molecular weight excluding hydrogens is 330 g/mol. The summed E-state index contributed by atoms with van der Waals surface area (Å²) in [4.78, 5) is 29.5. The molecule has 1 amide bonds. The Morgan fingerprint density at radius 1 is 1.04 bits per heavy atom. The van der Waals surface area contributed by atoms with E-state index in [0.717, 1.165) is 5.56 Å². The second-order valence-electron chi connectivity index (χ2n) is 5.80. The van der Waals surface area contributed by atoms with Gasteiger partial charge in [0.1, 0.15) is 6.33 Å². The highest BCUT2D eigenvalue weighted by Gasteiger charge is 2.15. The number of hydrogen-bond donors (Lipinski definition) is 2. The molecule has 0 aliphatic carbocycles. The standard InChI is InChI=1S/C19H15N5O2/c25-17(22-19-20-12-21-23-19)16-11-24(10-13-6-2-1-3-7-13)18(26)15-9-5-4-8-14(15)16/h1-9,11-12H,10H2,(H2,20,21,22,23,25). The Kier molecular flexibility index (Phi) is 4.03. The van der Waals surface area contributed by atoms with Crippen molar-refractivity contribution in [2.24, 2.45) is 0 Å². The van der Waals surface area contributed by atoms with Gasteiger partial charge in [0.2, 0.25) is 5.95 Å². The SMILES string of the molecule is O=C(Nc1ncn[nH]1)c1cn(Cc2ccccc2)c(=O)c2ccccc12. The maximum atomic E-state index is 12.8. The van der Waals surface area contributed by atoms with Crippen LogP contribution in [0, 0.1) is 0 Å². The molecule has 0 aliphatic heterocycles. The molecule has 0 saturated carbocycles. The highest BCUT2D eigenvalue weighted by molar-refractivity contribution is 6.12. The van der Waals surface area contributed by atoms with Crippen LogP contribution in [0.2, 0.25) is 0 Å². The number of carbonyl (C=O) groups excluding carboxylic acids is 1. The van der Waals surface area contributed by atoms with E-state index in [9.17, 15) is 9.59 Å². The molecule has 0 fully saturated rings. The van der Waals surface area contributed by atoms with E-state index in [1.165, 1.54) is 6.33 Å². The molecule has 0 bridgehead atoms. The molecule has 2 aromatic carbocycles. The molecule has 4 aromatic rings. The minimum Gasteiger partial charge on any atom is -0.310 e. The Hall–Kier alpha value is -3.74. The Labute approximate surface area is 148 Å². The van der Waals surface area contributed by atoms with Crippen LogP contribution in [-0.4, -0.2) is 25.7 Å². The predicted molar refractivity (Wildman–Crippen MR) is 98.1 cm³/mol. The average Bonchev–Trinajstić information content (AvgIpc) is 3.18. The molecule has 0 unspecified atom stereocenters. The summed E-state index contributed by atoms with van der Waals surface area (Å²) in [5, 5.41) is 10.1. The number of benzene rings is 2. The lowest BCUT2D eigenvalue weighted by molar-refractivity contribution is 0.102. The molecule has 2 aromatic heterocycles. The Morgan fingerprint density at radius 2 is 1.77 bits per heavy atom. The summed E-state index contributed by atoms with van der Waals surface area (Å²) < 4.78 is 1.55. The van der Waals surface area contributed by atoms with Crippen molar-refractivity contribution in [3.63, 3.8) is 0 Å². The molecule has 0 spiro atoms. The van der Waals surface area contributed by atoms with Crippen molar-refractivity contribution in [2.75, 3.05) is 5.32 Å². The number of nitrogens with zero attached hydrogens (tertiary/aromatic N) is 3. The van der Waals surface area contributed by atoms with E-state index < -0.39 is 0 Å². The number of pyridine rings is 1. The van der Waals surface area contributed by atoms with Crippen molar-refractivity contribution in [3.05, 3.63) is 88.6 Å². The molecule has 0 radical (unpaired) electrons. The number of nitrogens with one attached hydrogen (secondary N) is 2. The zero-order chi connectivity index (χ0) is 17.9. The topological polar surface area (TPSA) is 92.7 Å². The van der Waals surface area contributed by atoms with Gasteiger partial charge in [-0.3, -0.25) is 14.9 Å². The van der Waals surface area contributed by atoms with Gasteiger partial charge in [0.25, 0.3) is 11.5 Å². The first-order valence-corrected chi connectivity index (χ1v) is 8.05. The molecule has 26 heavy (non-hydrogen) atoms. The van der Waals surface area contributed by atoms with Gasteiger partial charge in [-0.2, -0.15) is 10.1 Å². The van der Waals surface area contributed by atoms with E-state index in [2.05, 4.69) is 20.5 Å². The van der Waals surface area contributed by atoms with E-state index in [1.807, 2.05) is 30.3 Å². The van der Waals surface area contributed by atoms with Crippen LogP contribution < -0.4 is 10.9 Å². The van der Waals surface area contributed by atoms with Crippen LogP contribution in [0.25, 0.3) is 10.8 Å². The first kappa shape index (κ1) is 15.8. The number of H-pyrrole nitrogens is 1. The summed E-state index contributed by atoms with van der Waals surface area (Å²) in [5.74, 6) is -0.111. The Bertz CT molecular complexity index is 1120. The van der Waals surface area contributed by atoms with Gasteiger partial charge in [0, 0.05) is 17.0 Å². The highest BCUT2D eigenvalue weighted by Crippen LogP contribution is 2.17. The monoisotopic (exact) mass is 345 g/mol. The lowest BCUT2D eigenvalue weighted by atomic mass is 10.1. The van der Waals surface area contributed by atoms with Crippen LogP contribution in [-0.2, 0) is 6.54 Å². The molecular formula is C19H15N5O2. The molecule has 7 nitrogen and oxygen atoms in total. The third kappa shape index (κ3) is 2.98. The first-order chi connectivity index (χ1) is 12.7. The molecule has 2 N–H and O–H groups in total. The average molecular weight is 345 g/mol. The Morgan fingerprint density at radius 3 is 2.50 bits per heavy atom. The van der Waals surface area contributed by atoms with Crippen LogP contribution in [0.15, 0.2) is 71.9 Å². The summed E-state index contributed by atoms with van der Waals surface area (Å²) in [6.07, 6.45) is 2.90. The van der Waals surface area contributed by atoms with Crippen molar-refractivity contribution in [3.8, 4) is 0 Å². The van der Waals surface area contributed by atoms with Crippen molar-refractivity contribution in [1.29, 1.82) is 0 Å². The van der Waals surface area contributed by atoms with Crippen molar-refractivity contribution in [1.82, 2.24) is 19.7 Å².